The van der Waals surface area contributed by atoms with Crippen molar-refractivity contribution in [2.24, 2.45) is 4.99 Å². The maximum absolute atomic E-state index is 8.73. The lowest BCUT2D eigenvalue weighted by atomic mass is 10.2. The Kier molecular flexibility index (Phi) is 4.42. The first-order chi connectivity index (χ1) is 7.61. The molecule has 1 aromatic rings. The van der Waals surface area contributed by atoms with Crippen LogP contribution in [0.5, 0.6) is 0 Å². The minimum Gasteiger partial charge on any atom is -0.369 e. The summed E-state index contributed by atoms with van der Waals surface area (Å²) >= 11 is 5.02. The number of anilines is 1. The van der Waals surface area contributed by atoms with Gasteiger partial charge in [0, 0.05) is 19.8 Å². The highest BCUT2D eigenvalue weighted by atomic mass is 32.1. The van der Waals surface area contributed by atoms with E-state index in [1.54, 1.807) is 29.4 Å². The Morgan fingerprint density at radius 1 is 1.56 bits per heavy atom. The standard InChI is InChI=1S/C11H12N4S/c1-15(2)8-13-11(16)14-10-5-3-4-9(6-10)7-12/h3-6,8H,1-2H3,(H,14,16). The van der Waals surface area contributed by atoms with Gasteiger partial charge in [0.15, 0.2) is 5.11 Å². The molecular formula is C11H12N4S. The summed E-state index contributed by atoms with van der Waals surface area (Å²) < 4.78 is 0. The topological polar surface area (TPSA) is 51.4 Å². The zero-order valence-corrected chi connectivity index (χ0v) is 9.95. The molecule has 5 heteroatoms. The van der Waals surface area contributed by atoms with E-state index in [0.29, 0.717) is 10.7 Å². The van der Waals surface area contributed by atoms with Gasteiger partial charge in [-0.05, 0) is 30.4 Å². The zero-order valence-electron chi connectivity index (χ0n) is 9.14. The second kappa shape index (κ2) is 5.83. The van der Waals surface area contributed by atoms with E-state index in [2.05, 4.69) is 16.4 Å². The normalized spacial score (nSPS) is 9.81. The van der Waals surface area contributed by atoms with Crippen LogP contribution in [0, 0.1) is 11.3 Å². The van der Waals surface area contributed by atoms with Crippen molar-refractivity contribution in [3.63, 3.8) is 0 Å². The van der Waals surface area contributed by atoms with Crippen LogP contribution in [0.4, 0.5) is 5.69 Å². The summed E-state index contributed by atoms with van der Waals surface area (Å²) in [6.07, 6.45) is 1.61. The highest BCUT2D eigenvalue weighted by Gasteiger charge is 1.96. The summed E-state index contributed by atoms with van der Waals surface area (Å²) in [5.74, 6) is 0. The fourth-order valence-electron chi connectivity index (χ4n) is 0.990. The Bertz CT molecular complexity index is 446. The van der Waals surface area contributed by atoms with Gasteiger partial charge >= 0.3 is 0 Å². The van der Waals surface area contributed by atoms with Crippen LogP contribution in [-0.4, -0.2) is 30.4 Å². The lowest BCUT2D eigenvalue weighted by Gasteiger charge is -2.05. The average molecular weight is 232 g/mol. The summed E-state index contributed by atoms with van der Waals surface area (Å²) in [5, 5.41) is 12.0. The molecule has 0 radical (unpaired) electrons. The monoisotopic (exact) mass is 232 g/mol. The van der Waals surface area contributed by atoms with Crippen molar-refractivity contribution in [2.45, 2.75) is 0 Å². The Morgan fingerprint density at radius 3 is 2.94 bits per heavy atom. The molecule has 0 aliphatic heterocycles. The van der Waals surface area contributed by atoms with Gasteiger partial charge < -0.3 is 10.2 Å². The molecule has 0 spiro atoms. The SMILES string of the molecule is CN(C)C=NC(=S)Nc1cccc(C#N)c1. The minimum absolute atomic E-state index is 0.365. The molecule has 0 aliphatic carbocycles. The maximum atomic E-state index is 8.73. The van der Waals surface area contributed by atoms with Crippen molar-refractivity contribution in [3.8, 4) is 6.07 Å². The van der Waals surface area contributed by atoms with Gasteiger partial charge in [-0.2, -0.15) is 5.26 Å². The van der Waals surface area contributed by atoms with Crippen LogP contribution in [0.3, 0.4) is 0 Å². The predicted octanol–water partition coefficient (Wildman–Crippen LogP) is 1.84. The van der Waals surface area contributed by atoms with Gasteiger partial charge in [0.25, 0.3) is 0 Å². The predicted molar refractivity (Wildman–Crippen MR) is 69.6 cm³/mol. The van der Waals surface area contributed by atoms with Crippen molar-refractivity contribution in [2.75, 3.05) is 19.4 Å². The van der Waals surface area contributed by atoms with E-state index < -0.39 is 0 Å². The smallest absolute Gasteiger partial charge is 0.198 e. The second-order valence-corrected chi connectivity index (χ2v) is 3.72. The van der Waals surface area contributed by atoms with Gasteiger partial charge in [0.05, 0.1) is 18.0 Å². The number of hydrogen-bond acceptors (Lipinski definition) is 2. The molecule has 1 rings (SSSR count). The number of aliphatic imine (C=N–C) groups is 1. The molecule has 4 nitrogen and oxygen atoms in total. The highest BCUT2D eigenvalue weighted by Crippen LogP contribution is 2.09. The molecule has 82 valence electrons. The lowest BCUT2D eigenvalue weighted by Crippen LogP contribution is -2.12. The van der Waals surface area contributed by atoms with Gasteiger partial charge in [-0.25, -0.2) is 4.99 Å². The third-order valence-electron chi connectivity index (χ3n) is 1.65. The third-order valence-corrected chi connectivity index (χ3v) is 1.86. The number of hydrogen-bond donors (Lipinski definition) is 1. The third kappa shape index (κ3) is 4.07. The van der Waals surface area contributed by atoms with Crippen molar-refractivity contribution < 1.29 is 0 Å². The number of rotatable bonds is 2. The lowest BCUT2D eigenvalue weighted by molar-refractivity contribution is 0.644. The van der Waals surface area contributed by atoms with E-state index in [1.165, 1.54) is 0 Å². The summed E-state index contributed by atoms with van der Waals surface area (Å²) in [7, 11) is 3.73. The first-order valence-electron chi connectivity index (χ1n) is 4.63. The van der Waals surface area contributed by atoms with Gasteiger partial charge in [-0.3, -0.25) is 0 Å². The molecule has 1 aromatic carbocycles. The molecule has 0 unspecified atom stereocenters. The molecule has 0 saturated heterocycles. The van der Waals surface area contributed by atoms with Gasteiger partial charge in [0.2, 0.25) is 0 Å². The van der Waals surface area contributed by atoms with Crippen molar-refractivity contribution in [1.29, 1.82) is 5.26 Å². The Morgan fingerprint density at radius 2 is 2.31 bits per heavy atom. The van der Waals surface area contributed by atoms with Crippen LogP contribution in [0.25, 0.3) is 0 Å². The number of nitriles is 1. The minimum atomic E-state index is 0.365. The Labute approximate surface area is 100 Å². The van der Waals surface area contributed by atoms with E-state index in [4.69, 9.17) is 17.5 Å². The number of benzene rings is 1. The van der Waals surface area contributed by atoms with E-state index in [1.807, 2.05) is 20.2 Å². The summed E-state index contributed by atoms with van der Waals surface area (Å²) in [5.41, 5.74) is 1.35. The number of nitrogens with one attached hydrogen (secondary N) is 1. The fraction of sp³-hybridized carbons (Fsp3) is 0.182. The molecule has 0 atom stereocenters. The molecule has 16 heavy (non-hydrogen) atoms. The van der Waals surface area contributed by atoms with Crippen LogP contribution in [0.1, 0.15) is 5.56 Å². The molecule has 0 amide bonds. The van der Waals surface area contributed by atoms with E-state index in [-0.39, 0.29) is 0 Å². The summed E-state index contributed by atoms with van der Waals surface area (Å²) in [4.78, 5) is 5.80. The highest BCUT2D eigenvalue weighted by molar-refractivity contribution is 7.80. The molecule has 0 fully saturated rings. The first-order valence-corrected chi connectivity index (χ1v) is 5.04. The number of nitrogens with zero attached hydrogens (tertiary/aromatic N) is 3. The Balaban J connectivity index is 2.67. The van der Waals surface area contributed by atoms with Gasteiger partial charge in [-0.15, -0.1) is 0 Å². The van der Waals surface area contributed by atoms with Crippen LogP contribution in [0.2, 0.25) is 0 Å². The van der Waals surface area contributed by atoms with Crippen LogP contribution < -0.4 is 5.32 Å². The second-order valence-electron chi connectivity index (χ2n) is 3.33. The first kappa shape index (κ1) is 12.1. The molecular weight excluding hydrogens is 220 g/mol. The van der Waals surface area contributed by atoms with E-state index in [9.17, 15) is 0 Å². The van der Waals surface area contributed by atoms with Gasteiger partial charge in [-0.1, -0.05) is 6.07 Å². The summed E-state index contributed by atoms with van der Waals surface area (Å²) in [6.45, 7) is 0. The molecule has 0 heterocycles. The van der Waals surface area contributed by atoms with Crippen LogP contribution in [-0.2, 0) is 0 Å². The van der Waals surface area contributed by atoms with Crippen molar-refractivity contribution >= 4 is 29.4 Å². The fourth-order valence-corrected chi connectivity index (χ4v) is 1.16. The summed E-state index contributed by atoms with van der Waals surface area (Å²) in [6, 6.07) is 9.14. The average Bonchev–Trinajstić information content (AvgIpc) is 2.26. The van der Waals surface area contributed by atoms with Gasteiger partial charge in [0.1, 0.15) is 0 Å². The number of thiocarbonyl (C=S) groups is 1. The molecule has 0 bridgehead atoms. The molecule has 0 saturated carbocycles. The molecule has 0 aromatic heterocycles. The Hall–Kier alpha value is -1.93. The van der Waals surface area contributed by atoms with Crippen LogP contribution >= 0.6 is 12.2 Å². The van der Waals surface area contributed by atoms with E-state index >= 15 is 0 Å². The van der Waals surface area contributed by atoms with Crippen LogP contribution in [0.15, 0.2) is 29.3 Å². The molecule has 1 N–H and O–H groups in total. The maximum Gasteiger partial charge on any atom is 0.198 e. The van der Waals surface area contributed by atoms with Crippen molar-refractivity contribution in [1.82, 2.24) is 4.90 Å². The zero-order chi connectivity index (χ0) is 12.0. The quantitative estimate of drug-likeness (QED) is 0.480. The molecule has 0 aliphatic rings. The largest absolute Gasteiger partial charge is 0.369 e. The van der Waals surface area contributed by atoms with Crippen molar-refractivity contribution in [3.05, 3.63) is 29.8 Å². The van der Waals surface area contributed by atoms with E-state index in [0.717, 1.165) is 5.69 Å².